The highest BCUT2D eigenvalue weighted by atomic mass is 32.3. The van der Waals surface area contributed by atoms with E-state index in [-0.39, 0.29) is 5.75 Å². The second kappa shape index (κ2) is 3.80. The van der Waals surface area contributed by atoms with Gasteiger partial charge in [-0.05, 0) is 12.1 Å². The first kappa shape index (κ1) is 12.0. The smallest absolute Gasteiger partial charge is 0.362 e. The standard InChI is InChI=1S/C9H13NO4S/c1-10(2,3)8-4-6-9(7-5-8)14-15(11,12)13/h4-7H,1-3H3/p+1. The summed E-state index contributed by atoms with van der Waals surface area (Å²) in [4.78, 5) is 0. The molecule has 0 aliphatic heterocycles. The molecule has 0 bridgehead atoms. The minimum absolute atomic E-state index is 0.0923. The number of hydrogen-bond donors (Lipinski definition) is 1. The lowest BCUT2D eigenvalue weighted by atomic mass is 10.2. The van der Waals surface area contributed by atoms with Gasteiger partial charge >= 0.3 is 10.4 Å². The van der Waals surface area contributed by atoms with Crippen LogP contribution in [0.1, 0.15) is 0 Å². The molecule has 1 aromatic carbocycles. The van der Waals surface area contributed by atoms with E-state index < -0.39 is 10.4 Å². The third-order valence-electron chi connectivity index (χ3n) is 1.81. The fraction of sp³-hybridized carbons (Fsp3) is 0.333. The van der Waals surface area contributed by atoms with Crippen molar-refractivity contribution in [1.29, 1.82) is 0 Å². The van der Waals surface area contributed by atoms with Crippen LogP contribution in [0.3, 0.4) is 0 Å². The molecule has 0 aliphatic carbocycles. The first-order chi connectivity index (χ1) is 6.68. The zero-order valence-corrected chi connectivity index (χ0v) is 9.65. The molecule has 0 atom stereocenters. The highest BCUT2D eigenvalue weighted by Gasteiger charge is 2.13. The van der Waals surface area contributed by atoms with Crippen molar-refractivity contribution in [3.63, 3.8) is 0 Å². The Morgan fingerprint density at radius 3 is 1.93 bits per heavy atom. The molecule has 1 aromatic rings. The largest absolute Gasteiger partial charge is 0.446 e. The SMILES string of the molecule is C[N+](C)(C)c1ccc(OS(=O)(=O)O)cc1. The van der Waals surface area contributed by atoms with Crippen LogP contribution in [-0.4, -0.2) is 34.1 Å². The predicted molar refractivity (Wildman–Crippen MR) is 58.2 cm³/mol. The molecule has 1 N–H and O–H groups in total. The van der Waals surface area contributed by atoms with E-state index in [0.717, 1.165) is 5.69 Å². The maximum Gasteiger partial charge on any atom is 0.446 e. The van der Waals surface area contributed by atoms with Crippen LogP contribution < -0.4 is 8.67 Å². The lowest BCUT2D eigenvalue weighted by molar-refractivity contribution is 0.386. The molecule has 0 aromatic heterocycles. The van der Waals surface area contributed by atoms with Crippen LogP contribution in [0.5, 0.6) is 5.75 Å². The fourth-order valence-electron chi connectivity index (χ4n) is 1.07. The lowest BCUT2D eigenvalue weighted by Crippen LogP contribution is -2.34. The minimum atomic E-state index is -4.43. The number of nitrogens with zero attached hydrogens (tertiary/aromatic N) is 1. The van der Waals surface area contributed by atoms with E-state index >= 15 is 0 Å². The maximum atomic E-state index is 10.4. The average molecular weight is 232 g/mol. The Morgan fingerprint density at radius 2 is 1.60 bits per heavy atom. The summed E-state index contributed by atoms with van der Waals surface area (Å²) >= 11 is 0. The molecule has 0 radical (unpaired) electrons. The highest BCUT2D eigenvalue weighted by Crippen LogP contribution is 2.21. The molecule has 0 fully saturated rings. The van der Waals surface area contributed by atoms with Gasteiger partial charge in [0.05, 0.1) is 21.1 Å². The lowest BCUT2D eigenvalue weighted by Gasteiger charge is -2.23. The van der Waals surface area contributed by atoms with E-state index in [1.807, 2.05) is 21.1 Å². The van der Waals surface area contributed by atoms with Gasteiger partial charge in [-0.2, -0.15) is 8.42 Å². The molecule has 0 aliphatic rings. The molecular formula is C9H14NO4S+. The Balaban J connectivity index is 2.91. The van der Waals surface area contributed by atoms with Crippen molar-refractivity contribution in [2.24, 2.45) is 0 Å². The topological polar surface area (TPSA) is 63.6 Å². The van der Waals surface area contributed by atoms with Crippen LogP contribution in [0.25, 0.3) is 0 Å². The molecule has 5 nitrogen and oxygen atoms in total. The summed E-state index contributed by atoms with van der Waals surface area (Å²) in [6.45, 7) is 0. The van der Waals surface area contributed by atoms with Gasteiger partial charge in [0, 0.05) is 12.1 Å². The van der Waals surface area contributed by atoms with Crippen molar-refractivity contribution in [3.8, 4) is 5.75 Å². The number of rotatable bonds is 3. The zero-order chi connectivity index (χ0) is 11.7. The van der Waals surface area contributed by atoms with Crippen molar-refractivity contribution in [1.82, 2.24) is 4.48 Å². The molecule has 0 spiro atoms. The minimum Gasteiger partial charge on any atom is -0.362 e. The van der Waals surface area contributed by atoms with Crippen LogP contribution in [-0.2, 0) is 10.4 Å². The Kier molecular flexibility index (Phi) is 3.03. The third kappa shape index (κ3) is 3.86. The van der Waals surface area contributed by atoms with E-state index in [1.54, 1.807) is 12.1 Å². The van der Waals surface area contributed by atoms with Crippen LogP contribution in [0.2, 0.25) is 0 Å². The first-order valence-electron chi connectivity index (χ1n) is 4.27. The van der Waals surface area contributed by atoms with Gasteiger partial charge in [0.1, 0.15) is 11.4 Å². The van der Waals surface area contributed by atoms with Crippen molar-refractivity contribution in [2.75, 3.05) is 21.1 Å². The fourth-order valence-corrected chi connectivity index (χ4v) is 1.42. The van der Waals surface area contributed by atoms with Crippen LogP contribution in [0.4, 0.5) is 5.69 Å². The summed E-state index contributed by atoms with van der Waals surface area (Å²) < 4.78 is 34.2. The van der Waals surface area contributed by atoms with Gasteiger partial charge in [0.25, 0.3) is 0 Å². The van der Waals surface area contributed by atoms with Gasteiger partial charge in [-0.15, -0.1) is 0 Å². The molecule has 1 rings (SSSR count). The second-order valence-corrected chi connectivity index (χ2v) is 5.04. The van der Waals surface area contributed by atoms with E-state index in [4.69, 9.17) is 4.55 Å². The maximum absolute atomic E-state index is 10.4. The molecule has 0 amide bonds. The van der Waals surface area contributed by atoms with Gasteiger partial charge in [0.15, 0.2) is 0 Å². The Hall–Kier alpha value is -1.11. The monoisotopic (exact) mass is 232 g/mol. The normalized spacial score (nSPS) is 12.5. The number of benzene rings is 1. The van der Waals surface area contributed by atoms with Crippen molar-refractivity contribution < 1.29 is 17.2 Å². The van der Waals surface area contributed by atoms with E-state index in [2.05, 4.69) is 4.18 Å². The van der Waals surface area contributed by atoms with Gasteiger partial charge in [0.2, 0.25) is 0 Å². The number of hydrogen-bond acceptors (Lipinski definition) is 3. The number of quaternary nitrogens is 1. The van der Waals surface area contributed by atoms with Gasteiger partial charge in [-0.1, -0.05) is 0 Å². The highest BCUT2D eigenvalue weighted by molar-refractivity contribution is 7.81. The van der Waals surface area contributed by atoms with Crippen molar-refractivity contribution in [2.45, 2.75) is 0 Å². The summed E-state index contributed by atoms with van der Waals surface area (Å²) in [5.41, 5.74) is 0.998. The van der Waals surface area contributed by atoms with Crippen LogP contribution in [0, 0.1) is 0 Å². The summed E-state index contributed by atoms with van der Waals surface area (Å²) in [5, 5.41) is 0. The molecule has 84 valence electrons. The predicted octanol–water partition coefficient (Wildman–Crippen LogP) is 1.06. The van der Waals surface area contributed by atoms with Gasteiger partial charge in [-0.25, -0.2) is 0 Å². The average Bonchev–Trinajstić information content (AvgIpc) is 2.00. The van der Waals surface area contributed by atoms with E-state index in [0.29, 0.717) is 4.48 Å². The molecule has 0 saturated carbocycles. The molecule has 6 heteroatoms. The quantitative estimate of drug-likeness (QED) is 0.625. The molecule has 15 heavy (non-hydrogen) atoms. The zero-order valence-electron chi connectivity index (χ0n) is 8.84. The molecule has 0 saturated heterocycles. The summed E-state index contributed by atoms with van der Waals surface area (Å²) in [5.74, 6) is 0.0923. The third-order valence-corrected chi connectivity index (χ3v) is 2.22. The van der Waals surface area contributed by atoms with E-state index in [9.17, 15) is 8.42 Å². The Morgan fingerprint density at radius 1 is 1.13 bits per heavy atom. The molecular weight excluding hydrogens is 218 g/mol. The summed E-state index contributed by atoms with van der Waals surface area (Å²) in [6, 6.07) is 6.46. The Labute approximate surface area is 89.4 Å². The summed E-state index contributed by atoms with van der Waals surface area (Å²) in [7, 11) is 1.52. The van der Waals surface area contributed by atoms with Crippen LogP contribution in [0.15, 0.2) is 24.3 Å². The van der Waals surface area contributed by atoms with E-state index in [1.165, 1.54) is 12.1 Å². The second-order valence-electron chi connectivity index (χ2n) is 4.02. The van der Waals surface area contributed by atoms with Crippen molar-refractivity contribution in [3.05, 3.63) is 24.3 Å². The van der Waals surface area contributed by atoms with Crippen LogP contribution >= 0.6 is 0 Å². The summed E-state index contributed by atoms with van der Waals surface area (Å²) in [6.07, 6.45) is 0. The molecule has 0 unspecified atom stereocenters. The Bertz CT molecular complexity index is 430. The molecule has 0 heterocycles. The van der Waals surface area contributed by atoms with Gasteiger partial charge in [-0.3, -0.25) is 9.04 Å². The van der Waals surface area contributed by atoms with Gasteiger partial charge < -0.3 is 4.18 Å². The first-order valence-corrected chi connectivity index (χ1v) is 5.64. The van der Waals surface area contributed by atoms with Crippen molar-refractivity contribution >= 4 is 16.1 Å².